The molecule has 0 amide bonds. The Morgan fingerprint density at radius 1 is 0.897 bits per heavy atom. The third kappa shape index (κ3) is 8.30. The van der Waals surface area contributed by atoms with E-state index in [-0.39, 0.29) is 5.75 Å². The molecule has 0 aromatic heterocycles. The molecule has 3 nitrogen and oxygen atoms in total. The summed E-state index contributed by atoms with van der Waals surface area (Å²) in [5, 5.41) is 11.6. The summed E-state index contributed by atoms with van der Waals surface area (Å²) >= 11 is 0. The number of aromatic hydroxyl groups is 1. The van der Waals surface area contributed by atoms with Crippen molar-refractivity contribution in [1.29, 1.82) is 0 Å². The van der Waals surface area contributed by atoms with E-state index >= 15 is 0 Å². The van der Waals surface area contributed by atoms with E-state index in [9.17, 15) is 5.11 Å². The number of phenolic OH excluding ortho intramolecular Hbond substituents is 1. The van der Waals surface area contributed by atoms with Crippen LogP contribution in [0.4, 0.5) is 5.69 Å². The predicted octanol–water partition coefficient (Wildman–Crippen LogP) is 7.44. The first kappa shape index (κ1) is 24.1. The van der Waals surface area contributed by atoms with Crippen LogP contribution in [0.1, 0.15) is 52.0 Å². The number of para-hydroxylation sites is 1. The van der Waals surface area contributed by atoms with Crippen molar-refractivity contribution < 1.29 is 9.84 Å². The van der Waals surface area contributed by atoms with E-state index in [0.717, 1.165) is 17.7 Å². The van der Waals surface area contributed by atoms with E-state index in [2.05, 4.69) is 39.0 Å². The van der Waals surface area contributed by atoms with Gasteiger partial charge in [0.25, 0.3) is 0 Å². The molecule has 3 rings (SSSR count). The van der Waals surface area contributed by atoms with Gasteiger partial charge < -0.3 is 15.6 Å². The Balaban J connectivity index is 0.000000237. The van der Waals surface area contributed by atoms with Gasteiger partial charge in [-0.1, -0.05) is 101 Å². The molecule has 0 heterocycles. The third-order valence-electron chi connectivity index (χ3n) is 4.33. The molecule has 0 radical (unpaired) electrons. The molecule has 3 aromatic rings. The second kappa shape index (κ2) is 14.1. The SMILES string of the molecule is CC/C=C\c1cccc(O)c1N.CCCCC.COc1cccc2ccccc12. The second-order valence-electron chi connectivity index (χ2n) is 6.63. The van der Waals surface area contributed by atoms with Crippen molar-refractivity contribution in [2.45, 2.75) is 46.5 Å². The first-order valence-electron chi connectivity index (χ1n) is 10.3. The smallest absolute Gasteiger partial charge is 0.139 e. The molecule has 0 unspecified atom stereocenters. The van der Waals surface area contributed by atoms with Crippen LogP contribution >= 0.6 is 0 Å². The van der Waals surface area contributed by atoms with Gasteiger partial charge in [0.15, 0.2) is 0 Å². The van der Waals surface area contributed by atoms with E-state index in [4.69, 9.17) is 10.5 Å². The van der Waals surface area contributed by atoms with Gasteiger partial charge in [0.2, 0.25) is 0 Å². The lowest BCUT2D eigenvalue weighted by atomic mass is 10.1. The van der Waals surface area contributed by atoms with Gasteiger partial charge in [-0.05, 0) is 23.9 Å². The summed E-state index contributed by atoms with van der Waals surface area (Å²) in [7, 11) is 1.70. The highest BCUT2D eigenvalue weighted by Gasteiger charge is 1.98. The maximum absolute atomic E-state index is 9.24. The lowest BCUT2D eigenvalue weighted by Gasteiger charge is -2.03. The number of phenols is 1. The normalized spacial score (nSPS) is 10.1. The molecular formula is C26H35NO2. The van der Waals surface area contributed by atoms with Crippen LogP contribution in [-0.2, 0) is 0 Å². The van der Waals surface area contributed by atoms with Crippen molar-refractivity contribution in [3.8, 4) is 11.5 Å². The summed E-state index contributed by atoms with van der Waals surface area (Å²) in [6, 6.07) is 19.5. The van der Waals surface area contributed by atoms with Crippen molar-refractivity contribution in [1.82, 2.24) is 0 Å². The number of rotatable bonds is 5. The number of anilines is 1. The average molecular weight is 394 g/mol. The highest BCUT2D eigenvalue weighted by molar-refractivity contribution is 5.88. The molecule has 0 aliphatic rings. The molecule has 0 aliphatic heterocycles. The Kier molecular flexibility index (Phi) is 11.7. The highest BCUT2D eigenvalue weighted by atomic mass is 16.5. The molecule has 0 atom stereocenters. The van der Waals surface area contributed by atoms with Crippen LogP contribution in [0.15, 0.2) is 66.7 Å². The van der Waals surface area contributed by atoms with Crippen LogP contribution in [0, 0.1) is 0 Å². The predicted molar refractivity (Wildman–Crippen MR) is 128 cm³/mol. The zero-order valence-electron chi connectivity index (χ0n) is 18.2. The van der Waals surface area contributed by atoms with Crippen LogP contribution in [0.2, 0.25) is 0 Å². The van der Waals surface area contributed by atoms with Crippen LogP contribution in [0.3, 0.4) is 0 Å². The van der Waals surface area contributed by atoms with Gasteiger partial charge in [-0.15, -0.1) is 0 Å². The maximum atomic E-state index is 9.24. The Morgan fingerprint density at radius 2 is 1.55 bits per heavy atom. The molecule has 3 N–H and O–H groups in total. The summed E-state index contributed by atoms with van der Waals surface area (Å²) in [6.45, 7) is 6.47. The number of hydrogen-bond acceptors (Lipinski definition) is 3. The fourth-order valence-corrected chi connectivity index (χ4v) is 2.69. The summed E-state index contributed by atoms with van der Waals surface area (Å²) in [5.74, 6) is 1.08. The number of allylic oxidation sites excluding steroid dienone is 1. The van der Waals surface area contributed by atoms with Gasteiger partial charge in [0.1, 0.15) is 11.5 Å². The van der Waals surface area contributed by atoms with Crippen LogP contribution in [0.25, 0.3) is 16.8 Å². The molecule has 0 spiro atoms. The highest BCUT2D eigenvalue weighted by Crippen LogP contribution is 2.25. The average Bonchev–Trinajstić information content (AvgIpc) is 2.76. The van der Waals surface area contributed by atoms with E-state index in [0.29, 0.717) is 5.69 Å². The molecule has 3 heteroatoms. The molecule has 0 aliphatic carbocycles. The van der Waals surface area contributed by atoms with Crippen LogP contribution in [-0.4, -0.2) is 12.2 Å². The Bertz CT molecular complexity index is 864. The second-order valence-corrected chi connectivity index (χ2v) is 6.63. The number of ether oxygens (including phenoxy) is 1. The minimum absolute atomic E-state index is 0.147. The van der Waals surface area contributed by atoms with E-state index < -0.39 is 0 Å². The number of benzene rings is 3. The van der Waals surface area contributed by atoms with E-state index in [1.807, 2.05) is 42.5 Å². The standard InChI is InChI=1S/C11H10O.C10H13NO.C5H12/c1-12-11-8-4-6-9-5-2-3-7-10(9)11;1-2-3-5-8-6-4-7-9(12)10(8)11;1-3-5-4-2/h2-8H,1H3;3-7,12H,2,11H2,1H3;3-5H2,1-2H3/b;5-3-;. The zero-order chi connectivity index (χ0) is 21.5. The molecule has 0 bridgehead atoms. The fourth-order valence-electron chi connectivity index (χ4n) is 2.69. The quantitative estimate of drug-likeness (QED) is 0.350. The molecule has 0 saturated carbocycles. The number of nitrogens with two attached hydrogens (primary N) is 1. The van der Waals surface area contributed by atoms with Gasteiger partial charge in [-0.3, -0.25) is 0 Å². The first-order valence-corrected chi connectivity index (χ1v) is 10.3. The number of fused-ring (bicyclic) bond motifs is 1. The van der Waals surface area contributed by atoms with Crippen molar-refractivity contribution in [2.75, 3.05) is 12.8 Å². The lowest BCUT2D eigenvalue weighted by Crippen LogP contribution is -1.88. The molecule has 0 fully saturated rings. The fraction of sp³-hybridized carbons (Fsp3) is 0.308. The van der Waals surface area contributed by atoms with E-state index in [1.54, 1.807) is 19.2 Å². The maximum Gasteiger partial charge on any atom is 0.139 e. The number of hydrogen-bond donors (Lipinski definition) is 2. The zero-order valence-corrected chi connectivity index (χ0v) is 18.2. The Morgan fingerprint density at radius 3 is 2.17 bits per heavy atom. The topological polar surface area (TPSA) is 55.5 Å². The summed E-state index contributed by atoms with van der Waals surface area (Å²) < 4.78 is 5.23. The van der Waals surface area contributed by atoms with Crippen molar-refractivity contribution in [2.24, 2.45) is 0 Å². The summed E-state index contributed by atoms with van der Waals surface area (Å²) in [5.41, 5.74) is 6.94. The van der Waals surface area contributed by atoms with Crippen LogP contribution < -0.4 is 10.5 Å². The molecule has 29 heavy (non-hydrogen) atoms. The Labute approximate surface area is 175 Å². The van der Waals surface area contributed by atoms with Gasteiger partial charge in [0, 0.05) is 10.9 Å². The van der Waals surface area contributed by atoms with Crippen molar-refractivity contribution >= 4 is 22.5 Å². The Hall–Kier alpha value is -2.94. The number of unbranched alkanes of at least 4 members (excludes halogenated alkanes) is 2. The van der Waals surface area contributed by atoms with Crippen molar-refractivity contribution in [3.63, 3.8) is 0 Å². The molecular weight excluding hydrogens is 358 g/mol. The molecule has 156 valence electrons. The largest absolute Gasteiger partial charge is 0.506 e. The third-order valence-corrected chi connectivity index (χ3v) is 4.33. The van der Waals surface area contributed by atoms with E-state index in [1.165, 1.54) is 30.0 Å². The molecule has 3 aromatic carbocycles. The van der Waals surface area contributed by atoms with Gasteiger partial charge >= 0.3 is 0 Å². The first-order chi connectivity index (χ1) is 14.1. The van der Waals surface area contributed by atoms with Crippen molar-refractivity contribution in [3.05, 3.63) is 72.3 Å². The molecule has 0 saturated heterocycles. The number of nitrogen functional groups attached to an aromatic ring is 1. The minimum Gasteiger partial charge on any atom is -0.506 e. The summed E-state index contributed by atoms with van der Waals surface area (Å²) in [4.78, 5) is 0. The minimum atomic E-state index is 0.147. The van der Waals surface area contributed by atoms with Crippen LogP contribution in [0.5, 0.6) is 11.5 Å². The number of methoxy groups -OCH3 is 1. The lowest BCUT2D eigenvalue weighted by molar-refractivity contribution is 0.420. The summed E-state index contributed by atoms with van der Waals surface area (Å²) in [6.07, 6.45) is 8.96. The van der Waals surface area contributed by atoms with Gasteiger partial charge in [-0.2, -0.15) is 0 Å². The van der Waals surface area contributed by atoms with Gasteiger partial charge in [-0.25, -0.2) is 0 Å². The monoisotopic (exact) mass is 393 g/mol. The van der Waals surface area contributed by atoms with Gasteiger partial charge in [0.05, 0.1) is 12.8 Å².